The Morgan fingerprint density at radius 1 is 1.03 bits per heavy atom. The van der Waals surface area contributed by atoms with E-state index in [0.717, 1.165) is 30.3 Å². The minimum Gasteiger partial charge on any atom is -0.342 e. The van der Waals surface area contributed by atoms with Gasteiger partial charge in [-0.2, -0.15) is 4.31 Å². The minimum absolute atomic E-state index is 0.0570. The van der Waals surface area contributed by atoms with E-state index in [9.17, 15) is 13.2 Å². The Kier molecular flexibility index (Phi) is 5.62. The number of aryl methyl sites for hydroxylation is 1. The number of imidazole rings is 1. The molecule has 1 N–H and O–H groups in total. The van der Waals surface area contributed by atoms with E-state index in [2.05, 4.69) is 10.3 Å². The molecule has 1 atom stereocenters. The number of piperidine rings is 1. The van der Waals surface area contributed by atoms with Gasteiger partial charge >= 0.3 is 0 Å². The molecule has 0 bridgehead atoms. The molecule has 158 valence electrons. The Hall–Kier alpha value is -2.71. The number of carbonyl (C=O) groups is 1. The number of sulfonamides is 1. The molecule has 1 aliphatic heterocycles. The highest BCUT2D eigenvalue weighted by Gasteiger charge is 2.30. The normalized spacial score (nSPS) is 16.5. The number of fused-ring (bicyclic) bond motifs is 1. The van der Waals surface area contributed by atoms with E-state index >= 15 is 0 Å². The first-order valence-corrected chi connectivity index (χ1v) is 11.6. The predicted molar refractivity (Wildman–Crippen MR) is 116 cm³/mol. The highest BCUT2D eigenvalue weighted by atomic mass is 32.2. The standard InChI is InChI=1S/C22H26N4O3S/c1-16(21-24-18-11-5-6-12-19(18)25(21)2)23-22(27)17-10-4-7-13-20(17)30(28,29)26-14-8-3-9-15-26/h4-7,10-13,16H,3,8-9,14-15H2,1-2H3,(H,23,27)/t16-/m1/s1. The smallest absolute Gasteiger partial charge is 0.253 e. The first-order valence-electron chi connectivity index (χ1n) is 10.2. The molecule has 1 saturated heterocycles. The number of amides is 1. The van der Waals surface area contributed by atoms with Gasteiger partial charge in [-0.05, 0) is 44.0 Å². The van der Waals surface area contributed by atoms with Crippen molar-refractivity contribution in [2.24, 2.45) is 7.05 Å². The fraction of sp³-hybridized carbons (Fsp3) is 0.364. The maximum atomic E-state index is 13.2. The van der Waals surface area contributed by atoms with Crippen LogP contribution in [0.3, 0.4) is 0 Å². The molecule has 2 aromatic carbocycles. The number of carbonyl (C=O) groups excluding carboxylic acids is 1. The Labute approximate surface area is 176 Å². The number of rotatable bonds is 5. The summed E-state index contributed by atoms with van der Waals surface area (Å²) in [6.07, 6.45) is 2.72. The van der Waals surface area contributed by atoms with Crippen molar-refractivity contribution in [1.82, 2.24) is 19.2 Å². The molecule has 4 rings (SSSR count). The summed E-state index contributed by atoms with van der Waals surface area (Å²) in [5.74, 6) is 0.284. The molecule has 0 spiro atoms. The molecule has 30 heavy (non-hydrogen) atoms. The highest BCUT2D eigenvalue weighted by molar-refractivity contribution is 7.89. The third kappa shape index (κ3) is 3.73. The van der Waals surface area contributed by atoms with Crippen LogP contribution in [-0.2, 0) is 17.1 Å². The summed E-state index contributed by atoms with van der Waals surface area (Å²) in [6, 6.07) is 13.8. The van der Waals surface area contributed by atoms with Crippen LogP contribution in [-0.4, -0.2) is 41.3 Å². The van der Waals surface area contributed by atoms with E-state index in [-0.39, 0.29) is 16.5 Å². The minimum atomic E-state index is -3.72. The van der Waals surface area contributed by atoms with Gasteiger partial charge < -0.3 is 9.88 Å². The largest absolute Gasteiger partial charge is 0.342 e. The van der Waals surface area contributed by atoms with Crippen molar-refractivity contribution in [3.8, 4) is 0 Å². The molecule has 0 radical (unpaired) electrons. The van der Waals surface area contributed by atoms with Gasteiger partial charge in [0.25, 0.3) is 5.91 Å². The van der Waals surface area contributed by atoms with Crippen LogP contribution >= 0.6 is 0 Å². The summed E-state index contributed by atoms with van der Waals surface area (Å²) in [7, 11) is -1.81. The van der Waals surface area contributed by atoms with E-state index < -0.39 is 15.9 Å². The molecule has 1 aromatic heterocycles. The zero-order chi connectivity index (χ0) is 21.3. The zero-order valence-electron chi connectivity index (χ0n) is 17.2. The Bertz CT molecular complexity index is 1180. The number of nitrogens with zero attached hydrogens (tertiary/aromatic N) is 3. The average Bonchev–Trinajstić information content (AvgIpc) is 3.11. The Balaban J connectivity index is 1.61. The van der Waals surface area contributed by atoms with Crippen LogP contribution in [0.25, 0.3) is 11.0 Å². The van der Waals surface area contributed by atoms with Gasteiger partial charge in [0.05, 0.1) is 27.5 Å². The molecule has 3 aromatic rings. The second kappa shape index (κ2) is 8.20. The molecule has 0 aliphatic carbocycles. The first kappa shape index (κ1) is 20.6. The van der Waals surface area contributed by atoms with Gasteiger partial charge in [-0.1, -0.05) is 30.7 Å². The van der Waals surface area contributed by atoms with Crippen molar-refractivity contribution < 1.29 is 13.2 Å². The van der Waals surface area contributed by atoms with Crippen molar-refractivity contribution in [1.29, 1.82) is 0 Å². The van der Waals surface area contributed by atoms with Crippen LogP contribution < -0.4 is 5.32 Å². The molecule has 8 heteroatoms. The van der Waals surface area contributed by atoms with Crippen LogP contribution in [0.4, 0.5) is 0 Å². The number of hydrogen-bond donors (Lipinski definition) is 1. The van der Waals surface area contributed by atoms with Gasteiger partial charge in [-0.15, -0.1) is 0 Å². The highest BCUT2D eigenvalue weighted by Crippen LogP contribution is 2.25. The summed E-state index contributed by atoms with van der Waals surface area (Å²) in [5.41, 5.74) is 1.99. The summed E-state index contributed by atoms with van der Waals surface area (Å²) in [5, 5.41) is 2.92. The molecular formula is C22H26N4O3S. The monoisotopic (exact) mass is 426 g/mol. The lowest BCUT2D eigenvalue weighted by atomic mass is 10.2. The van der Waals surface area contributed by atoms with Crippen molar-refractivity contribution in [2.45, 2.75) is 37.1 Å². The molecule has 1 amide bonds. The summed E-state index contributed by atoms with van der Waals surface area (Å²) in [6.45, 7) is 2.84. The van der Waals surface area contributed by atoms with Crippen molar-refractivity contribution in [3.05, 3.63) is 59.9 Å². The second-order valence-corrected chi connectivity index (χ2v) is 9.58. The van der Waals surface area contributed by atoms with Crippen LogP contribution in [0.15, 0.2) is 53.4 Å². The lowest BCUT2D eigenvalue weighted by molar-refractivity contribution is 0.0934. The van der Waals surface area contributed by atoms with Crippen molar-refractivity contribution in [2.75, 3.05) is 13.1 Å². The maximum absolute atomic E-state index is 13.2. The quantitative estimate of drug-likeness (QED) is 0.679. The molecule has 1 aliphatic rings. The van der Waals surface area contributed by atoms with Gasteiger partial charge in [-0.3, -0.25) is 4.79 Å². The van der Waals surface area contributed by atoms with Gasteiger partial charge in [0, 0.05) is 20.1 Å². The van der Waals surface area contributed by atoms with Crippen molar-refractivity contribution >= 4 is 27.0 Å². The van der Waals surface area contributed by atoms with Crippen LogP contribution in [0.2, 0.25) is 0 Å². The van der Waals surface area contributed by atoms with E-state index in [1.807, 2.05) is 42.8 Å². The maximum Gasteiger partial charge on any atom is 0.253 e. The molecule has 7 nitrogen and oxygen atoms in total. The number of hydrogen-bond acceptors (Lipinski definition) is 4. The molecule has 0 unspecified atom stereocenters. The predicted octanol–water partition coefficient (Wildman–Crippen LogP) is 3.24. The zero-order valence-corrected chi connectivity index (χ0v) is 18.0. The van der Waals surface area contributed by atoms with Gasteiger partial charge in [0.2, 0.25) is 10.0 Å². The number of aromatic nitrogens is 2. The first-order chi connectivity index (χ1) is 14.4. The average molecular weight is 427 g/mol. The van der Waals surface area contributed by atoms with E-state index in [1.165, 1.54) is 10.4 Å². The number of benzene rings is 2. The summed E-state index contributed by atoms with van der Waals surface area (Å²) in [4.78, 5) is 17.8. The number of nitrogens with one attached hydrogen (secondary N) is 1. The van der Waals surface area contributed by atoms with E-state index in [1.54, 1.807) is 18.2 Å². The summed E-state index contributed by atoms with van der Waals surface area (Å²) < 4.78 is 29.8. The third-order valence-corrected chi connectivity index (χ3v) is 7.58. The van der Waals surface area contributed by atoms with Gasteiger partial charge in [0.1, 0.15) is 5.82 Å². The van der Waals surface area contributed by atoms with Crippen LogP contribution in [0.5, 0.6) is 0 Å². The fourth-order valence-electron chi connectivity index (χ4n) is 4.01. The lowest BCUT2D eigenvalue weighted by Gasteiger charge is -2.26. The van der Waals surface area contributed by atoms with Gasteiger partial charge in [-0.25, -0.2) is 13.4 Å². The Morgan fingerprint density at radius 2 is 1.70 bits per heavy atom. The Morgan fingerprint density at radius 3 is 2.43 bits per heavy atom. The SMILES string of the molecule is C[C@@H](NC(=O)c1ccccc1S(=O)(=O)N1CCCCC1)c1nc2ccccc2n1C. The molecule has 2 heterocycles. The fourth-order valence-corrected chi connectivity index (χ4v) is 5.72. The van der Waals surface area contributed by atoms with E-state index in [4.69, 9.17) is 0 Å². The topological polar surface area (TPSA) is 84.3 Å². The molecule has 0 saturated carbocycles. The van der Waals surface area contributed by atoms with Crippen LogP contribution in [0, 0.1) is 0 Å². The van der Waals surface area contributed by atoms with Gasteiger partial charge in [0.15, 0.2) is 0 Å². The summed E-state index contributed by atoms with van der Waals surface area (Å²) >= 11 is 0. The van der Waals surface area contributed by atoms with Crippen molar-refractivity contribution in [3.63, 3.8) is 0 Å². The molecule has 1 fully saturated rings. The number of para-hydroxylation sites is 2. The third-order valence-electron chi connectivity index (χ3n) is 5.62. The molecular weight excluding hydrogens is 400 g/mol. The lowest BCUT2D eigenvalue weighted by Crippen LogP contribution is -2.37. The second-order valence-electron chi connectivity index (χ2n) is 7.67. The van der Waals surface area contributed by atoms with E-state index in [0.29, 0.717) is 18.9 Å². The van der Waals surface area contributed by atoms with Crippen LogP contribution in [0.1, 0.15) is 48.4 Å².